The third-order valence-corrected chi connectivity index (χ3v) is 3.14. The molecule has 1 heterocycles. The smallest absolute Gasteiger partial charge is 0.108 e. The summed E-state index contributed by atoms with van der Waals surface area (Å²) < 4.78 is 5.41. The van der Waals surface area contributed by atoms with Crippen LogP contribution in [0.5, 0.6) is 0 Å². The number of nitrogens with zero attached hydrogens (tertiary/aromatic N) is 1. The summed E-state index contributed by atoms with van der Waals surface area (Å²) in [6.07, 6.45) is 1.12. The van der Waals surface area contributed by atoms with E-state index in [9.17, 15) is 0 Å². The van der Waals surface area contributed by atoms with Crippen molar-refractivity contribution in [1.29, 1.82) is 0 Å². The van der Waals surface area contributed by atoms with Crippen molar-refractivity contribution in [2.75, 3.05) is 20.2 Å². The minimum Gasteiger partial charge on any atom is -0.500 e. The summed E-state index contributed by atoms with van der Waals surface area (Å²) in [5, 5.41) is 0. The van der Waals surface area contributed by atoms with Crippen LogP contribution in [0.25, 0.3) is 0 Å². The van der Waals surface area contributed by atoms with Gasteiger partial charge in [-0.2, -0.15) is 0 Å². The SMILES string of the molecule is COC1=C(C)CCN(Cc2ccccc2)C1. The predicted octanol–water partition coefficient (Wildman–Crippen LogP) is 2.81. The molecule has 0 atom stereocenters. The Balaban J connectivity index is 1.99. The van der Waals surface area contributed by atoms with Gasteiger partial charge in [0.05, 0.1) is 13.7 Å². The first kappa shape index (κ1) is 11.2. The molecular formula is C14H19NO. The molecule has 0 spiro atoms. The quantitative estimate of drug-likeness (QED) is 0.772. The van der Waals surface area contributed by atoms with Crippen molar-refractivity contribution in [2.45, 2.75) is 19.9 Å². The minimum atomic E-state index is 0.942. The fourth-order valence-electron chi connectivity index (χ4n) is 2.10. The lowest BCUT2D eigenvalue weighted by atomic mass is 10.1. The first-order valence-corrected chi connectivity index (χ1v) is 5.78. The number of ether oxygens (including phenoxy) is 1. The Kier molecular flexibility index (Phi) is 3.62. The third kappa shape index (κ3) is 2.64. The summed E-state index contributed by atoms with van der Waals surface area (Å²) in [4.78, 5) is 2.43. The maximum Gasteiger partial charge on any atom is 0.108 e. The van der Waals surface area contributed by atoms with Crippen molar-refractivity contribution >= 4 is 0 Å². The maximum absolute atomic E-state index is 5.41. The van der Waals surface area contributed by atoms with Crippen molar-refractivity contribution in [3.8, 4) is 0 Å². The van der Waals surface area contributed by atoms with Gasteiger partial charge in [0, 0.05) is 13.1 Å². The molecule has 0 unspecified atom stereocenters. The lowest BCUT2D eigenvalue weighted by molar-refractivity contribution is 0.187. The van der Waals surface area contributed by atoms with Crippen molar-refractivity contribution < 1.29 is 4.74 Å². The van der Waals surface area contributed by atoms with Crippen molar-refractivity contribution in [2.24, 2.45) is 0 Å². The first-order valence-electron chi connectivity index (χ1n) is 5.78. The van der Waals surface area contributed by atoms with Crippen LogP contribution in [0.3, 0.4) is 0 Å². The second-order valence-electron chi connectivity index (χ2n) is 4.35. The molecule has 2 nitrogen and oxygen atoms in total. The van der Waals surface area contributed by atoms with E-state index in [1.54, 1.807) is 7.11 Å². The average molecular weight is 217 g/mol. The van der Waals surface area contributed by atoms with Crippen LogP contribution in [-0.4, -0.2) is 25.1 Å². The highest BCUT2D eigenvalue weighted by molar-refractivity contribution is 5.16. The largest absolute Gasteiger partial charge is 0.500 e. The van der Waals surface area contributed by atoms with E-state index in [0.29, 0.717) is 0 Å². The summed E-state index contributed by atoms with van der Waals surface area (Å²) in [5.74, 6) is 1.14. The molecule has 86 valence electrons. The van der Waals surface area contributed by atoms with E-state index in [1.807, 2.05) is 0 Å². The Morgan fingerprint density at radius 1 is 1.25 bits per heavy atom. The topological polar surface area (TPSA) is 12.5 Å². The van der Waals surface area contributed by atoms with Gasteiger partial charge in [0.2, 0.25) is 0 Å². The molecule has 1 aromatic carbocycles. The predicted molar refractivity (Wildman–Crippen MR) is 66.0 cm³/mol. The molecule has 1 aliphatic rings. The summed E-state index contributed by atoms with van der Waals surface area (Å²) >= 11 is 0. The number of methoxy groups -OCH3 is 1. The normalized spacial score (nSPS) is 17.6. The highest BCUT2D eigenvalue weighted by atomic mass is 16.5. The van der Waals surface area contributed by atoms with Crippen molar-refractivity contribution in [3.63, 3.8) is 0 Å². The van der Waals surface area contributed by atoms with Gasteiger partial charge in [0.15, 0.2) is 0 Å². The van der Waals surface area contributed by atoms with Crippen LogP contribution in [0, 0.1) is 0 Å². The zero-order chi connectivity index (χ0) is 11.4. The first-order chi connectivity index (χ1) is 7.79. The van der Waals surface area contributed by atoms with E-state index < -0.39 is 0 Å². The second kappa shape index (κ2) is 5.17. The summed E-state index contributed by atoms with van der Waals surface area (Å²) in [7, 11) is 1.77. The Labute approximate surface area is 97.5 Å². The summed E-state index contributed by atoms with van der Waals surface area (Å²) in [6, 6.07) is 10.6. The van der Waals surface area contributed by atoms with Gasteiger partial charge in [-0.05, 0) is 24.5 Å². The molecule has 0 fully saturated rings. The monoisotopic (exact) mass is 217 g/mol. The third-order valence-electron chi connectivity index (χ3n) is 3.14. The van der Waals surface area contributed by atoms with Crippen LogP contribution >= 0.6 is 0 Å². The van der Waals surface area contributed by atoms with Gasteiger partial charge in [0.25, 0.3) is 0 Å². The van der Waals surface area contributed by atoms with Crippen LogP contribution in [0.15, 0.2) is 41.7 Å². The summed E-state index contributed by atoms with van der Waals surface area (Å²) in [6.45, 7) is 5.25. The number of hydrogen-bond donors (Lipinski definition) is 0. The van der Waals surface area contributed by atoms with Gasteiger partial charge in [-0.3, -0.25) is 4.90 Å². The van der Waals surface area contributed by atoms with Crippen molar-refractivity contribution in [3.05, 3.63) is 47.2 Å². The molecular weight excluding hydrogens is 198 g/mol. The number of benzene rings is 1. The highest BCUT2D eigenvalue weighted by Crippen LogP contribution is 2.19. The Morgan fingerprint density at radius 2 is 2.00 bits per heavy atom. The van der Waals surface area contributed by atoms with Crippen LogP contribution in [0.2, 0.25) is 0 Å². The number of hydrogen-bond acceptors (Lipinski definition) is 2. The summed E-state index contributed by atoms with van der Waals surface area (Å²) in [5.41, 5.74) is 2.77. The van der Waals surface area contributed by atoms with Crippen LogP contribution in [0.1, 0.15) is 18.9 Å². The van der Waals surface area contributed by atoms with Crippen LogP contribution in [-0.2, 0) is 11.3 Å². The molecule has 0 aromatic heterocycles. The zero-order valence-electron chi connectivity index (χ0n) is 10.1. The standard InChI is InChI=1S/C14H19NO/c1-12-8-9-15(11-14(12)16-2)10-13-6-4-3-5-7-13/h3-7H,8-11H2,1-2H3. The fraction of sp³-hybridized carbons (Fsp3) is 0.429. The minimum absolute atomic E-state index is 0.942. The van der Waals surface area contributed by atoms with E-state index in [4.69, 9.17) is 4.74 Å². The molecule has 1 aliphatic heterocycles. The van der Waals surface area contributed by atoms with Gasteiger partial charge >= 0.3 is 0 Å². The van der Waals surface area contributed by atoms with Crippen LogP contribution in [0.4, 0.5) is 0 Å². The Morgan fingerprint density at radius 3 is 2.69 bits per heavy atom. The van der Waals surface area contributed by atoms with Gasteiger partial charge < -0.3 is 4.74 Å². The van der Waals surface area contributed by atoms with Gasteiger partial charge in [0.1, 0.15) is 5.76 Å². The van der Waals surface area contributed by atoms with E-state index in [-0.39, 0.29) is 0 Å². The molecule has 2 heteroatoms. The molecule has 1 aromatic rings. The molecule has 0 aliphatic carbocycles. The van der Waals surface area contributed by atoms with E-state index in [2.05, 4.69) is 42.2 Å². The van der Waals surface area contributed by atoms with E-state index in [0.717, 1.165) is 31.8 Å². The lowest BCUT2D eigenvalue weighted by Crippen LogP contribution is -2.31. The van der Waals surface area contributed by atoms with E-state index in [1.165, 1.54) is 11.1 Å². The molecule has 0 saturated heterocycles. The van der Waals surface area contributed by atoms with Crippen LogP contribution < -0.4 is 0 Å². The van der Waals surface area contributed by atoms with Gasteiger partial charge in [-0.25, -0.2) is 0 Å². The second-order valence-corrected chi connectivity index (χ2v) is 4.35. The van der Waals surface area contributed by atoms with E-state index >= 15 is 0 Å². The zero-order valence-corrected chi connectivity index (χ0v) is 10.1. The van der Waals surface area contributed by atoms with Gasteiger partial charge in [-0.15, -0.1) is 0 Å². The molecule has 0 N–H and O–H groups in total. The fourth-order valence-corrected chi connectivity index (χ4v) is 2.10. The molecule has 0 saturated carbocycles. The molecule has 2 rings (SSSR count). The highest BCUT2D eigenvalue weighted by Gasteiger charge is 2.16. The number of rotatable bonds is 3. The van der Waals surface area contributed by atoms with Gasteiger partial charge in [-0.1, -0.05) is 30.3 Å². The molecule has 16 heavy (non-hydrogen) atoms. The molecule has 0 amide bonds. The Bertz CT molecular complexity index is 370. The average Bonchev–Trinajstić information content (AvgIpc) is 2.33. The maximum atomic E-state index is 5.41. The lowest BCUT2D eigenvalue weighted by Gasteiger charge is -2.28. The Hall–Kier alpha value is -1.28. The molecule has 0 radical (unpaired) electrons. The molecule has 0 bridgehead atoms. The van der Waals surface area contributed by atoms with Crippen molar-refractivity contribution in [1.82, 2.24) is 4.90 Å².